The van der Waals surface area contributed by atoms with Gasteiger partial charge in [0, 0.05) is 44.8 Å². The van der Waals surface area contributed by atoms with Crippen LogP contribution in [-0.2, 0) is 20.5 Å². The molecule has 0 aromatic heterocycles. The first kappa shape index (κ1) is 18.3. The zero-order valence-corrected chi connectivity index (χ0v) is 15.4. The molecule has 0 atom stereocenters. The highest BCUT2D eigenvalue weighted by atomic mass is 32.2. The van der Waals surface area contributed by atoms with Crippen LogP contribution in [0.1, 0.15) is 15.9 Å². The summed E-state index contributed by atoms with van der Waals surface area (Å²) in [6.45, 7) is 4.90. The average molecular weight is 367 g/mol. The van der Waals surface area contributed by atoms with Crippen molar-refractivity contribution in [1.82, 2.24) is 14.1 Å². The van der Waals surface area contributed by atoms with Crippen LogP contribution in [0.5, 0.6) is 0 Å². The number of nitrogens with zero attached hydrogens (tertiary/aromatic N) is 3. The van der Waals surface area contributed by atoms with Gasteiger partial charge in [-0.1, -0.05) is 12.1 Å². The molecule has 3 rings (SSSR count). The predicted octanol–water partition coefficient (Wildman–Crippen LogP) is 0.236. The van der Waals surface area contributed by atoms with Gasteiger partial charge in [0.2, 0.25) is 10.0 Å². The number of carbonyl (C=O) groups is 1. The number of benzene rings is 1. The van der Waals surface area contributed by atoms with Crippen LogP contribution in [0, 0.1) is 0 Å². The largest absolute Gasteiger partial charge is 0.379 e. The minimum absolute atomic E-state index is 0.00989. The second-order valence-electron chi connectivity index (χ2n) is 6.56. The maximum absolute atomic E-state index is 12.5. The Labute approximate surface area is 149 Å². The van der Waals surface area contributed by atoms with Gasteiger partial charge < -0.3 is 14.5 Å². The minimum atomic E-state index is -3.34. The van der Waals surface area contributed by atoms with Gasteiger partial charge in [-0.15, -0.1) is 0 Å². The molecule has 0 saturated carbocycles. The third-order valence-electron chi connectivity index (χ3n) is 4.70. The third kappa shape index (κ3) is 4.58. The molecule has 1 aromatic rings. The van der Waals surface area contributed by atoms with E-state index in [2.05, 4.69) is 4.90 Å². The summed E-state index contributed by atoms with van der Waals surface area (Å²) >= 11 is 0. The normalized spacial score (nSPS) is 20.6. The van der Waals surface area contributed by atoms with Crippen molar-refractivity contribution < 1.29 is 17.9 Å². The highest BCUT2D eigenvalue weighted by molar-refractivity contribution is 7.88. The number of likely N-dealkylation sites (N-methyl/N-ethyl adjacent to an activating group) is 1. The quantitative estimate of drug-likeness (QED) is 0.762. The summed E-state index contributed by atoms with van der Waals surface area (Å²) in [5.41, 5.74) is 1.30. The standard InChI is InChI=1S/C17H25N3O4S/c1-18-6-8-19(9-7-18)17(21)16-4-2-15(3-5-16)14-25(22,23)20-10-12-24-13-11-20/h2-5H,6-14H2,1H3. The lowest BCUT2D eigenvalue weighted by molar-refractivity contribution is 0.0664. The van der Waals surface area contributed by atoms with E-state index in [0.717, 1.165) is 26.2 Å². The summed E-state index contributed by atoms with van der Waals surface area (Å²) in [6, 6.07) is 6.93. The van der Waals surface area contributed by atoms with Crippen LogP contribution >= 0.6 is 0 Å². The molecular weight excluding hydrogens is 342 g/mol. The Kier molecular flexibility index (Phi) is 5.73. The van der Waals surface area contributed by atoms with Gasteiger partial charge in [-0.2, -0.15) is 4.31 Å². The Hall–Kier alpha value is -1.48. The van der Waals surface area contributed by atoms with E-state index in [1.807, 2.05) is 11.9 Å². The van der Waals surface area contributed by atoms with Crippen molar-refractivity contribution in [2.24, 2.45) is 0 Å². The van der Waals surface area contributed by atoms with E-state index in [9.17, 15) is 13.2 Å². The number of hydrogen-bond donors (Lipinski definition) is 0. The molecule has 0 unspecified atom stereocenters. The van der Waals surface area contributed by atoms with Crippen LogP contribution in [0.25, 0.3) is 0 Å². The minimum Gasteiger partial charge on any atom is -0.379 e. The van der Waals surface area contributed by atoms with E-state index >= 15 is 0 Å². The molecule has 0 radical (unpaired) electrons. The number of hydrogen-bond acceptors (Lipinski definition) is 5. The highest BCUT2D eigenvalue weighted by Crippen LogP contribution is 2.15. The van der Waals surface area contributed by atoms with Crippen molar-refractivity contribution in [1.29, 1.82) is 0 Å². The average Bonchev–Trinajstić information content (AvgIpc) is 2.63. The molecular formula is C17H25N3O4S. The van der Waals surface area contributed by atoms with Crippen LogP contribution in [0.4, 0.5) is 0 Å². The fraction of sp³-hybridized carbons (Fsp3) is 0.588. The molecule has 7 nitrogen and oxygen atoms in total. The van der Waals surface area contributed by atoms with Gasteiger partial charge in [0.05, 0.1) is 19.0 Å². The lowest BCUT2D eigenvalue weighted by atomic mass is 10.1. The van der Waals surface area contributed by atoms with E-state index in [1.54, 1.807) is 24.3 Å². The highest BCUT2D eigenvalue weighted by Gasteiger charge is 2.25. The first-order valence-corrected chi connectivity index (χ1v) is 10.2. The van der Waals surface area contributed by atoms with Crippen molar-refractivity contribution in [3.63, 3.8) is 0 Å². The van der Waals surface area contributed by atoms with Crippen LogP contribution in [-0.4, -0.2) is 88.0 Å². The number of ether oxygens (including phenoxy) is 1. The summed E-state index contributed by atoms with van der Waals surface area (Å²) in [7, 11) is -1.30. The molecule has 0 spiro atoms. The summed E-state index contributed by atoms with van der Waals surface area (Å²) < 4.78 is 31.6. The van der Waals surface area contributed by atoms with Crippen LogP contribution in [0.15, 0.2) is 24.3 Å². The van der Waals surface area contributed by atoms with E-state index in [0.29, 0.717) is 37.4 Å². The van der Waals surface area contributed by atoms with Crippen molar-refractivity contribution in [2.45, 2.75) is 5.75 Å². The van der Waals surface area contributed by atoms with Crippen LogP contribution in [0.3, 0.4) is 0 Å². The zero-order valence-electron chi connectivity index (χ0n) is 14.6. The van der Waals surface area contributed by atoms with Gasteiger partial charge in [0.25, 0.3) is 5.91 Å². The van der Waals surface area contributed by atoms with Gasteiger partial charge in [-0.25, -0.2) is 8.42 Å². The smallest absolute Gasteiger partial charge is 0.253 e. The first-order valence-electron chi connectivity index (χ1n) is 8.58. The zero-order chi connectivity index (χ0) is 17.9. The Bertz CT molecular complexity index is 691. The Morgan fingerprint density at radius 1 is 1.00 bits per heavy atom. The Balaban J connectivity index is 1.62. The predicted molar refractivity (Wildman–Crippen MR) is 94.9 cm³/mol. The molecule has 8 heteroatoms. The molecule has 2 aliphatic rings. The van der Waals surface area contributed by atoms with Gasteiger partial charge in [0.1, 0.15) is 0 Å². The fourth-order valence-electron chi connectivity index (χ4n) is 3.06. The van der Waals surface area contributed by atoms with Gasteiger partial charge >= 0.3 is 0 Å². The number of piperazine rings is 1. The van der Waals surface area contributed by atoms with E-state index in [-0.39, 0.29) is 11.7 Å². The molecule has 0 bridgehead atoms. The monoisotopic (exact) mass is 367 g/mol. The van der Waals surface area contributed by atoms with E-state index in [1.165, 1.54) is 4.31 Å². The van der Waals surface area contributed by atoms with Gasteiger partial charge in [-0.05, 0) is 24.7 Å². The number of rotatable bonds is 4. The molecule has 0 N–H and O–H groups in total. The summed E-state index contributed by atoms with van der Waals surface area (Å²) in [5, 5.41) is 0. The molecule has 1 amide bonds. The van der Waals surface area contributed by atoms with Crippen LogP contribution in [0.2, 0.25) is 0 Å². The summed E-state index contributed by atoms with van der Waals surface area (Å²) in [6.07, 6.45) is 0. The third-order valence-corrected chi connectivity index (χ3v) is 6.55. The molecule has 138 valence electrons. The van der Waals surface area contributed by atoms with Crippen molar-refractivity contribution in [3.8, 4) is 0 Å². The molecule has 25 heavy (non-hydrogen) atoms. The SMILES string of the molecule is CN1CCN(C(=O)c2ccc(CS(=O)(=O)N3CCOCC3)cc2)CC1. The number of amides is 1. The molecule has 2 fully saturated rings. The lowest BCUT2D eigenvalue weighted by Gasteiger charge is -2.32. The summed E-state index contributed by atoms with van der Waals surface area (Å²) in [4.78, 5) is 16.6. The fourth-order valence-corrected chi connectivity index (χ4v) is 4.56. The second kappa shape index (κ2) is 7.82. The van der Waals surface area contributed by atoms with E-state index < -0.39 is 10.0 Å². The molecule has 0 aliphatic carbocycles. The number of sulfonamides is 1. The molecule has 1 aromatic carbocycles. The Morgan fingerprint density at radius 3 is 2.20 bits per heavy atom. The maximum atomic E-state index is 12.5. The summed E-state index contributed by atoms with van der Waals surface area (Å²) in [5.74, 6) is -0.0358. The van der Waals surface area contributed by atoms with E-state index in [4.69, 9.17) is 4.74 Å². The van der Waals surface area contributed by atoms with Gasteiger partial charge in [-0.3, -0.25) is 4.79 Å². The number of morpholine rings is 1. The van der Waals surface area contributed by atoms with Gasteiger partial charge in [0.15, 0.2) is 0 Å². The maximum Gasteiger partial charge on any atom is 0.253 e. The van der Waals surface area contributed by atoms with Crippen molar-refractivity contribution >= 4 is 15.9 Å². The van der Waals surface area contributed by atoms with Crippen LogP contribution < -0.4 is 0 Å². The first-order chi connectivity index (χ1) is 12.0. The number of carbonyl (C=O) groups excluding carboxylic acids is 1. The molecule has 2 heterocycles. The topological polar surface area (TPSA) is 70.2 Å². The second-order valence-corrected chi connectivity index (χ2v) is 8.53. The molecule has 2 aliphatic heterocycles. The molecule has 2 saturated heterocycles. The Morgan fingerprint density at radius 2 is 1.60 bits per heavy atom. The van der Waals surface area contributed by atoms with Crippen molar-refractivity contribution in [3.05, 3.63) is 35.4 Å². The lowest BCUT2D eigenvalue weighted by Crippen LogP contribution is -2.47. The van der Waals surface area contributed by atoms with Crippen molar-refractivity contribution in [2.75, 3.05) is 59.5 Å².